The van der Waals surface area contributed by atoms with Crippen LogP contribution in [0.25, 0.3) is 0 Å². The maximum absolute atomic E-state index is 12.9. The molecule has 0 saturated carbocycles. The molecule has 4 rings (SSSR count). The van der Waals surface area contributed by atoms with Crippen molar-refractivity contribution in [2.24, 2.45) is 5.92 Å². The summed E-state index contributed by atoms with van der Waals surface area (Å²) in [7, 11) is 0. The van der Waals surface area contributed by atoms with Gasteiger partial charge in [-0.3, -0.25) is 9.59 Å². The maximum atomic E-state index is 12.9. The summed E-state index contributed by atoms with van der Waals surface area (Å²) in [4.78, 5) is 26.9. The van der Waals surface area contributed by atoms with Gasteiger partial charge < -0.3 is 19.7 Å². The van der Waals surface area contributed by atoms with Gasteiger partial charge in [-0.15, -0.1) is 0 Å². The van der Waals surface area contributed by atoms with Gasteiger partial charge in [0.05, 0.1) is 21.5 Å². The highest BCUT2D eigenvalue weighted by Gasteiger charge is 2.36. The van der Waals surface area contributed by atoms with Gasteiger partial charge in [-0.1, -0.05) is 29.4 Å². The zero-order chi connectivity index (χ0) is 21.3. The molecule has 1 N–H and O–H groups in total. The topological polar surface area (TPSA) is 67.9 Å². The summed E-state index contributed by atoms with van der Waals surface area (Å²) in [6, 6.07) is 9.72. The second kappa shape index (κ2) is 8.69. The molecule has 2 aliphatic heterocycles. The Kier molecular flexibility index (Phi) is 6.01. The van der Waals surface area contributed by atoms with E-state index >= 15 is 0 Å². The molecule has 1 atom stereocenters. The molecule has 1 fully saturated rings. The van der Waals surface area contributed by atoms with Gasteiger partial charge in [0.2, 0.25) is 11.8 Å². The monoisotopic (exact) mass is 454 g/mol. The van der Waals surface area contributed by atoms with Gasteiger partial charge in [-0.25, -0.2) is 0 Å². The van der Waals surface area contributed by atoms with Crippen molar-refractivity contribution in [1.29, 1.82) is 0 Å². The molecule has 10 heteroatoms. The molecule has 0 radical (unpaired) electrons. The van der Waals surface area contributed by atoms with Crippen molar-refractivity contribution in [1.82, 2.24) is 0 Å². The predicted octanol–water partition coefficient (Wildman–Crippen LogP) is 4.42. The second-order valence-electron chi connectivity index (χ2n) is 6.72. The zero-order valence-corrected chi connectivity index (χ0v) is 17.1. The Morgan fingerprint density at radius 2 is 1.97 bits per heavy atom. The highest BCUT2D eigenvalue weighted by atomic mass is 35.5. The molecule has 0 spiro atoms. The van der Waals surface area contributed by atoms with Crippen LogP contribution >= 0.6 is 23.4 Å². The summed E-state index contributed by atoms with van der Waals surface area (Å²) < 4.78 is 36.7. The van der Waals surface area contributed by atoms with E-state index in [2.05, 4.69) is 5.32 Å². The molecule has 2 aliphatic rings. The third-order valence-electron chi connectivity index (χ3n) is 4.77. The van der Waals surface area contributed by atoms with Crippen LogP contribution in [0.4, 0.5) is 20.2 Å². The Labute approximate surface area is 180 Å². The van der Waals surface area contributed by atoms with Crippen LogP contribution in [0.2, 0.25) is 5.02 Å². The van der Waals surface area contributed by atoms with E-state index < -0.39 is 17.6 Å². The Morgan fingerprint density at radius 3 is 2.73 bits per heavy atom. The van der Waals surface area contributed by atoms with Crippen LogP contribution in [-0.4, -0.2) is 37.3 Å². The van der Waals surface area contributed by atoms with Crippen molar-refractivity contribution in [3.05, 3.63) is 41.4 Å². The lowest BCUT2D eigenvalue weighted by molar-refractivity contribution is -0.122. The molecule has 2 amide bonds. The molecule has 2 aromatic carbocycles. The first-order valence-electron chi connectivity index (χ1n) is 9.16. The van der Waals surface area contributed by atoms with Crippen LogP contribution in [0.3, 0.4) is 0 Å². The molecular weight excluding hydrogens is 438 g/mol. The standard InChI is InChI=1S/C20H17ClF2N2O4S/c21-13-2-1-3-14(18(13)30-20(22)23)24-19(27)11-8-17(26)25(10-11)12-4-5-15-16(9-12)29-7-6-28-15/h1-5,9,11,20H,6-8,10H2,(H,24,27). The van der Waals surface area contributed by atoms with Crippen LogP contribution in [-0.2, 0) is 9.59 Å². The van der Waals surface area contributed by atoms with Gasteiger partial charge in [0, 0.05) is 24.7 Å². The highest BCUT2D eigenvalue weighted by molar-refractivity contribution is 7.99. The number of rotatable bonds is 5. The van der Waals surface area contributed by atoms with Gasteiger partial charge in [-0.05, 0) is 24.3 Å². The van der Waals surface area contributed by atoms with Crippen molar-refractivity contribution >= 4 is 46.6 Å². The highest BCUT2D eigenvalue weighted by Crippen LogP contribution is 2.39. The number of carbonyl (C=O) groups excluding carboxylic acids is 2. The number of carbonyl (C=O) groups is 2. The lowest BCUT2D eigenvalue weighted by Gasteiger charge is -2.22. The van der Waals surface area contributed by atoms with Crippen molar-refractivity contribution in [3.63, 3.8) is 0 Å². The lowest BCUT2D eigenvalue weighted by Crippen LogP contribution is -2.28. The number of alkyl halides is 2. The van der Waals surface area contributed by atoms with Crippen LogP contribution < -0.4 is 19.7 Å². The fraction of sp³-hybridized carbons (Fsp3) is 0.300. The van der Waals surface area contributed by atoms with Gasteiger partial charge in [0.1, 0.15) is 13.2 Å². The molecule has 1 unspecified atom stereocenters. The summed E-state index contributed by atoms with van der Waals surface area (Å²) in [6.45, 7) is 1.06. The van der Waals surface area contributed by atoms with E-state index in [9.17, 15) is 18.4 Å². The molecule has 2 aromatic rings. The summed E-state index contributed by atoms with van der Waals surface area (Å²) in [5.41, 5.74) is 0.805. The molecule has 0 bridgehead atoms. The number of nitrogens with one attached hydrogen (secondary N) is 1. The van der Waals surface area contributed by atoms with Crippen LogP contribution in [0.5, 0.6) is 11.5 Å². The van der Waals surface area contributed by atoms with Crippen molar-refractivity contribution in [3.8, 4) is 11.5 Å². The van der Waals surface area contributed by atoms with Gasteiger partial charge >= 0.3 is 0 Å². The van der Waals surface area contributed by atoms with E-state index in [1.165, 1.54) is 17.0 Å². The summed E-state index contributed by atoms with van der Waals surface area (Å²) in [5.74, 6) is -2.79. The first kappa shape index (κ1) is 20.7. The molecule has 1 saturated heterocycles. The SMILES string of the molecule is O=C(Nc1cccc(Cl)c1SC(F)F)C1CC(=O)N(c2ccc3c(c2)OCCO3)C1. The average molecular weight is 455 g/mol. The fourth-order valence-electron chi connectivity index (χ4n) is 3.38. The third-order valence-corrected chi connectivity index (χ3v) is 6.05. The largest absolute Gasteiger partial charge is 0.486 e. The van der Waals surface area contributed by atoms with E-state index in [1.54, 1.807) is 24.3 Å². The van der Waals surface area contributed by atoms with Crippen molar-refractivity contribution in [2.45, 2.75) is 17.1 Å². The van der Waals surface area contributed by atoms with E-state index in [0.717, 1.165) is 0 Å². The molecule has 30 heavy (non-hydrogen) atoms. The molecule has 0 aliphatic carbocycles. The smallest absolute Gasteiger partial charge is 0.289 e. The van der Waals surface area contributed by atoms with Crippen LogP contribution in [0.15, 0.2) is 41.3 Å². The molecule has 2 heterocycles. The number of anilines is 2. The summed E-state index contributed by atoms with van der Waals surface area (Å²) in [5, 5.41) is 2.76. The third kappa shape index (κ3) is 4.32. The zero-order valence-electron chi connectivity index (χ0n) is 15.6. The normalized spacial score (nSPS) is 18.1. The predicted molar refractivity (Wildman–Crippen MR) is 110 cm³/mol. The van der Waals surface area contributed by atoms with E-state index in [-0.39, 0.29) is 46.2 Å². The number of ether oxygens (including phenoxy) is 2. The number of fused-ring (bicyclic) bond motifs is 1. The minimum Gasteiger partial charge on any atom is -0.486 e. The summed E-state index contributed by atoms with van der Waals surface area (Å²) >= 11 is 6.28. The first-order chi connectivity index (χ1) is 14.4. The van der Waals surface area contributed by atoms with Crippen LogP contribution in [0.1, 0.15) is 6.42 Å². The average Bonchev–Trinajstić information content (AvgIpc) is 3.12. The number of thioether (sulfide) groups is 1. The van der Waals surface area contributed by atoms with Crippen molar-refractivity contribution < 1.29 is 27.8 Å². The fourth-order valence-corrected chi connectivity index (χ4v) is 4.30. The van der Waals surface area contributed by atoms with Gasteiger partial charge in [0.15, 0.2) is 11.5 Å². The number of amides is 2. The summed E-state index contributed by atoms with van der Waals surface area (Å²) in [6.07, 6.45) is 0.0121. The minimum atomic E-state index is -2.68. The number of nitrogens with zero attached hydrogens (tertiary/aromatic N) is 1. The quantitative estimate of drug-likeness (QED) is 0.677. The number of benzene rings is 2. The molecule has 0 aromatic heterocycles. The van der Waals surface area contributed by atoms with E-state index in [1.807, 2.05) is 0 Å². The number of hydrogen-bond acceptors (Lipinski definition) is 5. The van der Waals surface area contributed by atoms with Gasteiger partial charge in [-0.2, -0.15) is 8.78 Å². The Bertz CT molecular complexity index is 991. The molecular formula is C20H17ClF2N2O4S. The Balaban J connectivity index is 1.48. The van der Waals surface area contributed by atoms with E-state index in [4.69, 9.17) is 21.1 Å². The first-order valence-corrected chi connectivity index (χ1v) is 10.4. The Morgan fingerprint density at radius 1 is 1.20 bits per heavy atom. The van der Waals surface area contributed by atoms with Gasteiger partial charge in [0.25, 0.3) is 5.76 Å². The lowest BCUT2D eigenvalue weighted by atomic mass is 10.1. The Hall–Kier alpha value is -2.52. The number of hydrogen-bond donors (Lipinski definition) is 1. The minimum absolute atomic E-state index is 0.0121. The maximum Gasteiger partial charge on any atom is 0.289 e. The van der Waals surface area contributed by atoms with Crippen LogP contribution in [0, 0.1) is 5.92 Å². The van der Waals surface area contributed by atoms with E-state index in [0.29, 0.717) is 30.4 Å². The second-order valence-corrected chi connectivity index (χ2v) is 8.13. The van der Waals surface area contributed by atoms with Crippen molar-refractivity contribution in [2.75, 3.05) is 30.0 Å². The molecule has 158 valence electrons. The number of halogens is 3. The molecule has 6 nitrogen and oxygen atoms in total.